The quantitative estimate of drug-likeness (QED) is 0.0960. The lowest BCUT2D eigenvalue weighted by molar-refractivity contribution is 0.0591. The van der Waals surface area contributed by atoms with E-state index in [4.69, 9.17) is 9.16 Å². The van der Waals surface area contributed by atoms with Gasteiger partial charge in [0.05, 0.1) is 25.3 Å². The van der Waals surface area contributed by atoms with Crippen LogP contribution in [0.25, 0.3) is 0 Å². The lowest BCUT2D eigenvalue weighted by Crippen LogP contribution is -2.30. The highest BCUT2D eigenvalue weighted by molar-refractivity contribution is 6.76. The van der Waals surface area contributed by atoms with Crippen molar-refractivity contribution in [3.8, 4) is 11.5 Å². The lowest BCUT2D eigenvalue weighted by Gasteiger charge is -2.22. The zero-order chi connectivity index (χ0) is 34.3. The summed E-state index contributed by atoms with van der Waals surface area (Å²) in [5.41, 5.74) is 2.42. The Labute approximate surface area is 267 Å². The lowest BCUT2D eigenvalue weighted by atomic mass is 9.83. The van der Waals surface area contributed by atoms with E-state index in [-0.39, 0.29) is 11.7 Å². The number of ether oxygens (including phenoxy) is 3. The zero-order valence-electron chi connectivity index (χ0n) is 29.0. The number of benzene rings is 2. The van der Waals surface area contributed by atoms with Gasteiger partial charge in [-0.15, -0.1) is 6.58 Å². The van der Waals surface area contributed by atoms with Gasteiger partial charge in [0.15, 0.2) is 14.1 Å². The third-order valence-electron chi connectivity index (χ3n) is 5.59. The van der Waals surface area contributed by atoms with Crippen molar-refractivity contribution < 1.29 is 33.3 Å². The van der Waals surface area contributed by atoms with E-state index in [0.717, 1.165) is 11.6 Å². The minimum atomic E-state index is -1.43. The summed E-state index contributed by atoms with van der Waals surface area (Å²) in [5, 5.41) is 9.76. The van der Waals surface area contributed by atoms with Gasteiger partial charge in [0.2, 0.25) is 8.32 Å². The molecule has 10 heteroatoms. The first kappa shape index (κ1) is 40.4. The van der Waals surface area contributed by atoms with Crippen molar-refractivity contribution in [2.45, 2.75) is 79.3 Å². The van der Waals surface area contributed by atoms with Crippen molar-refractivity contribution in [3.05, 3.63) is 83.5 Å². The number of hydrogen-bond acceptors (Lipinski definition) is 8. The second-order valence-corrected chi connectivity index (χ2v) is 21.8. The van der Waals surface area contributed by atoms with Gasteiger partial charge in [-0.3, -0.25) is 4.66 Å². The number of nitrogens with zero attached hydrogens (tertiary/aromatic N) is 1. The van der Waals surface area contributed by atoms with Gasteiger partial charge in [-0.05, 0) is 102 Å². The summed E-state index contributed by atoms with van der Waals surface area (Å²) in [5.74, 6) is 1.02. The van der Waals surface area contributed by atoms with Gasteiger partial charge in [0.25, 0.3) is 0 Å². The first-order chi connectivity index (χ1) is 20.2. The number of hydrogen-bond donors (Lipinski definition) is 1. The van der Waals surface area contributed by atoms with E-state index in [9.17, 15) is 14.7 Å². The van der Waals surface area contributed by atoms with Crippen molar-refractivity contribution in [2.75, 3.05) is 20.8 Å². The first-order valence-corrected chi connectivity index (χ1v) is 21.3. The average molecular weight is 644 g/mol. The first-order valence-electron chi connectivity index (χ1n) is 14.4. The summed E-state index contributed by atoms with van der Waals surface area (Å²) < 4.78 is 25.0. The van der Waals surface area contributed by atoms with Crippen LogP contribution in [0.2, 0.25) is 39.3 Å². The molecule has 0 bridgehead atoms. The van der Waals surface area contributed by atoms with Gasteiger partial charge < -0.3 is 23.7 Å². The second kappa shape index (κ2) is 18.2. The molecule has 0 radical (unpaired) electrons. The molecule has 0 aromatic heterocycles. The molecule has 0 fully saturated rings. The Bertz CT molecular complexity index is 1280. The van der Waals surface area contributed by atoms with E-state index < -0.39 is 27.9 Å². The Balaban J connectivity index is 0.000000639. The SMILES string of the molecule is C=CC(C)(C)c1cc(C(=O)OC)ccc1O.CC(=N[Si](C)(C)C)O[Si](C)(C)C.COC(=O)c1ccc(OCC=C(C)C)cc1. The summed E-state index contributed by atoms with van der Waals surface area (Å²) in [4.78, 5) is 22.5. The largest absolute Gasteiger partial charge is 0.535 e. The molecule has 1 N–H and O–H groups in total. The van der Waals surface area contributed by atoms with Crippen molar-refractivity contribution in [3.63, 3.8) is 0 Å². The second-order valence-electron chi connectivity index (χ2n) is 12.8. The Kier molecular flexibility index (Phi) is 16.7. The molecule has 0 unspecified atom stereocenters. The van der Waals surface area contributed by atoms with Crippen molar-refractivity contribution >= 4 is 34.4 Å². The predicted octanol–water partition coefficient (Wildman–Crippen LogP) is 8.55. The number of esters is 2. The predicted molar refractivity (Wildman–Crippen MR) is 186 cm³/mol. The molecule has 0 spiro atoms. The van der Waals surface area contributed by atoms with Crippen LogP contribution in [0.15, 0.2) is 71.4 Å². The van der Waals surface area contributed by atoms with Crippen LogP contribution in [0.3, 0.4) is 0 Å². The highest BCUT2D eigenvalue weighted by Gasteiger charge is 2.22. The van der Waals surface area contributed by atoms with Gasteiger partial charge in [-0.2, -0.15) is 0 Å². The van der Waals surface area contributed by atoms with Crippen LogP contribution in [0, 0.1) is 0 Å². The third kappa shape index (κ3) is 16.9. The van der Waals surface area contributed by atoms with Crippen LogP contribution in [0.5, 0.6) is 11.5 Å². The van der Waals surface area contributed by atoms with E-state index in [0.29, 0.717) is 23.3 Å². The maximum Gasteiger partial charge on any atom is 0.337 e. The van der Waals surface area contributed by atoms with Gasteiger partial charge in [0.1, 0.15) is 18.1 Å². The third-order valence-corrected chi connectivity index (χ3v) is 7.48. The maximum atomic E-state index is 11.4. The van der Waals surface area contributed by atoms with Crippen LogP contribution in [0.4, 0.5) is 0 Å². The van der Waals surface area contributed by atoms with Gasteiger partial charge in [-0.25, -0.2) is 9.59 Å². The van der Waals surface area contributed by atoms with E-state index in [1.165, 1.54) is 31.9 Å². The molecule has 0 aliphatic carbocycles. The standard InChI is InChI=1S/2C13H16O3.C8H21NOSi2/c1-10(2)8-9-16-12-6-4-11(5-7-12)13(14)15-3;1-5-13(2,3)10-8-9(12(15)16-4)6-7-11(10)14;1-8(9-11(2,3)4)10-12(5,6)7/h4-8H,9H2,1-3H3;5-8,14H,1H2,2-4H3;1-7H3. The molecule has 8 nitrogen and oxygen atoms in total. The molecule has 0 saturated heterocycles. The fourth-order valence-electron chi connectivity index (χ4n) is 3.45. The number of phenols is 1. The number of methoxy groups -OCH3 is 2. The summed E-state index contributed by atoms with van der Waals surface area (Å²) in [6.45, 7) is 27.3. The van der Waals surface area contributed by atoms with Crippen LogP contribution in [-0.4, -0.2) is 60.3 Å². The average Bonchev–Trinajstić information content (AvgIpc) is 2.91. The Morgan fingerprint density at radius 2 is 1.39 bits per heavy atom. The Morgan fingerprint density at radius 1 is 0.886 bits per heavy atom. The summed E-state index contributed by atoms with van der Waals surface area (Å²) in [7, 11) is -0.0739. The van der Waals surface area contributed by atoms with Gasteiger partial charge in [0, 0.05) is 17.9 Å². The molecule has 244 valence electrons. The van der Waals surface area contributed by atoms with E-state index in [1.54, 1.807) is 36.4 Å². The van der Waals surface area contributed by atoms with Gasteiger partial charge >= 0.3 is 11.9 Å². The van der Waals surface area contributed by atoms with E-state index >= 15 is 0 Å². The van der Waals surface area contributed by atoms with Crippen LogP contribution in [-0.2, 0) is 19.3 Å². The molecular weight excluding hydrogens is 591 g/mol. The fraction of sp³-hybridized carbons (Fsp3) is 0.441. The maximum absolute atomic E-state index is 11.4. The minimum Gasteiger partial charge on any atom is -0.535 e. The van der Waals surface area contributed by atoms with Crippen molar-refractivity contribution in [2.24, 2.45) is 4.66 Å². The molecule has 44 heavy (non-hydrogen) atoms. The molecule has 2 aromatic carbocycles. The number of carbonyl (C=O) groups excluding carboxylic acids is 2. The Hall–Kier alpha value is -3.64. The van der Waals surface area contributed by atoms with Crippen molar-refractivity contribution in [1.29, 1.82) is 0 Å². The molecule has 0 heterocycles. The molecular formula is C34H53NO7Si2. The number of rotatable bonds is 9. The van der Waals surface area contributed by atoms with Crippen LogP contribution >= 0.6 is 0 Å². The monoisotopic (exact) mass is 643 g/mol. The summed E-state index contributed by atoms with van der Waals surface area (Å²) >= 11 is 0. The van der Waals surface area contributed by atoms with Gasteiger partial charge in [-0.1, -0.05) is 25.5 Å². The highest BCUT2D eigenvalue weighted by atomic mass is 28.4. The molecule has 0 atom stereocenters. The normalized spacial score (nSPS) is 11.4. The van der Waals surface area contributed by atoms with Crippen LogP contribution in [0.1, 0.15) is 60.9 Å². The fourth-order valence-corrected chi connectivity index (χ4v) is 5.47. The topological polar surface area (TPSA) is 104 Å². The zero-order valence-corrected chi connectivity index (χ0v) is 31.0. The number of phenolic OH excluding ortho intramolecular Hbond substituents is 1. The van der Waals surface area contributed by atoms with E-state index in [1.807, 2.05) is 40.7 Å². The number of allylic oxidation sites excluding steroid dienone is 2. The minimum absolute atomic E-state index is 0.151. The molecule has 0 aliphatic rings. The number of aromatic hydroxyl groups is 1. The summed E-state index contributed by atoms with van der Waals surface area (Å²) in [6.07, 6.45) is 3.72. The molecule has 0 saturated carbocycles. The van der Waals surface area contributed by atoms with Crippen molar-refractivity contribution in [1.82, 2.24) is 0 Å². The van der Waals surface area contributed by atoms with Crippen LogP contribution < -0.4 is 4.74 Å². The summed E-state index contributed by atoms with van der Waals surface area (Å²) in [6, 6.07) is 11.5. The highest BCUT2D eigenvalue weighted by Crippen LogP contribution is 2.32. The molecule has 2 aromatic rings. The smallest absolute Gasteiger partial charge is 0.337 e. The molecule has 0 amide bonds. The Morgan fingerprint density at radius 3 is 1.82 bits per heavy atom. The molecule has 0 aliphatic heterocycles. The number of carbonyl (C=O) groups is 2. The van der Waals surface area contributed by atoms with E-state index in [2.05, 4.69) is 60.0 Å². The molecule has 2 rings (SSSR count).